The highest BCUT2D eigenvalue weighted by Gasteiger charge is 2.14. The molecular weight excluding hydrogens is 310 g/mol. The second-order valence-corrected chi connectivity index (χ2v) is 7.52. The third-order valence-corrected chi connectivity index (χ3v) is 4.40. The van der Waals surface area contributed by atoms with E-state index in [9.17, 15) is 0 Å². The van der Waals surface area contributed by atoms with Crippen LogP contribution in [0, 0.1) is 0 Å². The maximum atomic E-state index is 6.09. The fourth-order valence-electron chi connectivity index (χ4n) is 2.98. The van der Waals surface area contributed by atoms with Crippen LogP contribution < -0.4 is 10.5 Å². The van der Waals surface area contributed by atoms with Crippen molar-refractivity contribution < 1.29 is 4.74 Å². The van der Waals surface area contributed by atoms with Crippen molar-refractivity contribution in [3.8, 4) is 5.75 Å². The van der Waals surface area contributed by atoms with E-state index in [0.717, 1.165) is 29.2 Å². The number of hydrogen-bond donors (Lipinski definition) is 1. The van der Waals surface area contributed by atoms with E-state index in [1.54, 1.807) is 0 Å². The van der Waals surface area contributed by atoms with E-state index in [0.29, 0.717) is 6.61 Å². The van der Waals surface area contributed by atoms with Crippen LogP contribution in [0.5, 0.6) is 5.75 Å². The Labute approximate surface area is 149 Å². The van der Waals surface area contributed by atoms with Crippen molar-refractivity contribution >= 4 is 11.0 Å². The summed E-state index contributed by atoms with van der Waals surface area (Å²) in [5.41, 5.74) is 9.63. The highest BCUT2D eigenvalue weighted by Crippen LogP contribution is 2.24. The minimum Gasteiger partial charge on any atom is -0.492 e. The van der Waals surface area contributed by atoms with Crippen LogP contribution in [0.3, 0.4) is 0 Å². The molecule has 0 aliphatic heterocycles. The van der Waals surface area contributed by atoms with Gasteiger partial charge in [0.2, 0.25) is 0 Å². The van der Waals surface area contributed by atoms with Gasteiger partial charge in [0.05, 0.1) is 23.6 Å². The molecule has 0 saturated heterocycles. The molecule has 1 atom stereocenters. The summed E-state index contributed by atoms with van der Waals surface area (Å²) in [5, 5.41) is 0. The molecular formula is C21H27N3O. The Bertz CT molecular complexity index is 842. The van der Waals surface area contributed by atoms with Crippen molar-refractivity contribution in [2.75, 3.05) is 6.61 Å². The normalized spacial score (nSPS) is 13.2. The van der Waals surface area contributed by atoms with Crippen LogP contribution in [-0.2, 0) is 12.0 Å². The van der Waals surface area contributed by atoms with E-state index in [1.165, 1.54) is 5.56 Å². The Hall–Kier alpha value is -2.33. The first-order valence-electron chi connectivity index (χ1n) is 8.80. The predicted octanol–water partition coefficient (Wildman–Crippen LogP) is 4.43. The summed E-state index contributed by atoms with van der Waals surface area (Å²) in [6, 6.07) is 16.4. The SMILES string of the molecule is CC(N)c1nc2ccccc2n1CCOc1ccc(C(C)(C)C)cc1. The molecule has 3 rings (SSSR count). The van der Waals surface area contributed by atoms with Crippen LogP contribution in [-0.4, -0.2) is 16.2 Å². The Morgan fingerprint density at radius 1 is 1.08 bits per heavy atom. The van der Waals surface area contributed by atoms with Gasteiger partial charge in [-0.05, 0) is 42.2 Å². The number of ether oxygens (including phenoxy) is 1. The maximum Gasteiger partial charge on any atom is 0.126 e. The summed E-state index contributed by atoms with van der Waals surface area (Å²) in [7, 11) is 0. The topological polar surface area (TPSA) is 53.1 Å². The molecule has 2 N–H and O–H groups in total. The fraction of sp³-hybridized carbons (Fsp3) is 0.381. The lowest BCUT2D eigenvalue weighted by Gasteiger charge is -2.19. The highest BCUT2D eigenvalue weighted by atomic mass is 16.5. The van der Waals surface area contributed by atoms with Gasteiger partial charge in [-0.3, -0.25) is 0 Å². The lowest BCUT2D eigenvalue weighted by Crippen LogP contribution is -2.17. The van der Waals surface area contributed by atoms with Gasteiger partial charge < -0.3 is 15.0 Å². The number of fused-ring (bicyclic) bond motifs is 1. The van der Waals surface area contributed by atoms with Gasteiger partial charge in [0, 0.05) is 0 Å². The maximum absolute atomic E-state index is 6.09. The van der Waals surface area contributed by atoms with E-state index < -0.39 is 0 Å². The average molecular weight is 337 g/mol. The Morgan fingerprint density at radius 2 is 1.76 bits per heavy atom. The number of imidazole rings is 1. The lowest BCUT2D eigenvalue weighted by molar-refractivity contribution is 0.297. The predicted molar refractivity (Wildman–Crippen MR) is 103 cm³/mol. The van der Waals surface area contributed by atoms with Gasteiger partial charge in [0.25, 0.3) is 0 Å². The van der Waals surface area contributed by atoms with E-state index in [1.807, 2.05) is 37.3 Å². The molecule has 25 heavy (non-hydrogen) atoms. The number of nitrogens with zero attached hydrogens (tertiary/aromatic N) is 2. The van der Waals surface area contributed by atoms with Gasteiger partial charge in [-0.15, -0.1) is 0 Å². The molecule has 0 amide bonds. The van der Waals surface area contributed by atoms with Crippen LogP contribution >= 0.6 is 0 Å². The van der Waals surface area contributed by atoms with E-state index in [-0.39, 0.29) is 11.5 Å². The minimum absolute atomic E-state index is 0.113. The lowest BCUT2D eigenvalue weighted by atomic mass is 9.87. The molecule has 4 nitrogen and oxygen atoms in total. The summed E-state index contributed by atoms with van der Waals surface area (Å²) in [6.07, 6.45) is 0. The molecule has 0 saturated carbocycles. The van der Waals surface area contributed by atoms with Gasteiger partial charge in [0.1, 0.15) is 18.2 Å². The molecule has 132 valence electrons. The standard InChI is InChI=1S/C21H27N3O/c1-15(22)20-23-18-7-5-6-8-19(18)24(20)13-14-25-17-11-9-16(10-12-17)21(2,3)4/h5-12,15H,13-14,22H2,1-4H3. The summed E-state index contributed by atoms with van der Waals surface area (Å²) in [4.78, 5) is 4.66. The molecule has 0 aliphatic carbocycles. The number of rotatable bonds is 5. The third kappa shape index (κ3) is 3.85. The largest absolute Gasteiger partial charge is 0.492 e. The molecule has 1 heterocycles. The first-order valence-corrected chi connectivity index (χ1v) is 8.80. The van der Waals surface area contributed by atoms with Gasteiger partial charge in [-0.2, -0.15) is 0 Å². The summed E-state index contributed by atoms with van der Waals surface area (Å²) >= 11 is 0. The number of hydrogen-bond acceptors (Lipinski definition) is 3. The van der Waals surface area contributed by atoms with Crippen molar-refractivity contribution in [2.24, 2.45) is 5.73 Å². The molecule has 0 bridgehead atoms. The fourth-order valence-corrected chi connectivity index (χ4v) is 2.98. The van der Waals surface area contributed by atoms with Crippen molar-refractivity contribution in [1.82, 2.24) is 9.55 Å². The van der Waals surface area contributed by atoms with Crippen LogP contribution in [0.1, 0.15) is 45.1 Å². The molecule has 3 aromatic rings. The zero-order valence-corrected chi connectivity index (χ0v) is 15.5. The molecule has 0 fully saturated rings. The first kappa shape index (κ1) is 17.5. The van der Waals surface area contributed by atoms with Crippen molar-refractivity contribution in [3.63, 3.8) is 0 Å². The second kappa shape index (κ2) is 6.89. The van der Waals surface area contributed by atoms with Crippen LogP contribution in [0.15, 0.2) is 48.5 Å². The van der Waals surface area contributed by atoms with Gasteiger partial charge in [0.15, 0.2) is 0 Å². The van der Waals surface area contributed by atoms with E-state index >= 15 is 0 Å². The third-order valence-electron chi connectivity index (χ3n) is 4.40. The summed E-state index contributed by atoms with van der Waals surface area (Å²) in [6.45, 7) is 9.89. The molecule has 0 aliphatic rings. The van der Waals surface area contributed by atoms with Crippen LogP contribution in [0.4, 0.5) is 0 Å². The quantitative estimate of drug-likeness (QED) is 0.749. The van der Waals surface area contributed by atoms with Gasteiger partial charge in [-0.1, -0.05) is 45.0 Å². The second-order valence-electron chi connectivity index (χ2n) is 7.52. The van der Waals surface area contributed by atoms with Crippen molar-refractivity contribution in [1.29, 1.82) is 0 Å². The summed E-state index contributed by atoms with van der Waals surface area (Å²) in [5.74, 6) is 1.78. The van der Waals surface area contributed by atoms with E-state index in [4.69, 9.17) is 10.5 Å². The van der Waals surface area contributed by atoms with Gasteiger partial charge in [-0.25, -0.2) is 4.98 Å². The van der Waals surface area contributed by atoms with Crippen molar-refractivity contribution in [2.45, 2.75) is 45.7 Å². The number of aromatic nitrogens is 2. The molecule has 4 heteroatoms. The minimum atomic E-state index is -0.113. The number of benzene rings is 2. The molecule has 2 aromatic carbocycles. The van der Waals surface area contributed by atoms with Crippen LogP contribution in [0.2, 0.25) is 0 Å². The average Bonchev–Trinajstić information content (AvgIpc) is 2.94. The molecule has 1 aromatic heterocycles. The number of para-hydroxylation sites is 2. The van der Waals surface area contributed by atoms with E-state index in [2.05, 4.69) is 48.5 Å². The Balaban J connectivity index is 1.72. The molecule has 0 radical (unpaired) electrons. The molecule has 0 spiro atoms. The number of nitrogens with two attached hydrogens (primary N) is 1. The van der Waals surface area contributed by atoms with Gasteiger partial charge >= 0.3 is 0 Å². The Kier molecular flexibility index (Phi) is 4.82. The first-order chi connectivity index (χ1) is 11.9. The van der Waals surface area contributed by atoms with Crippen LogP contribution in [0.25, 0.3) is 11.0 Å². The smallest absolute Gasteiger partial charge is 0.126 e. The monoisotopic (exact) mass is 337 g/mol. The highest BCUT2D eigenvalue weighted by molar-refractivity contribution is 5.76. The zero-order chi connectivity index (χ0) is 18.0. The van der Waals surface area contributed by atoms with Crippen molar-refractivity contribution in [3.05, 3.63) is 59.9 Å². The molecule has 1 unspecified atom stereocenters. The summed E-state index contributed by atoms with van der Waals surface area (Å²) < 4.78 is 8.10. The zero-order valence-electron chi connectivity index (χ0n) is 15.5. The Morgan fingerprint density at radius 3 is 2.40 bits per heavy atom.